The number of aromatic nitrogens is 1. The summed E-state index contributed by atoms with van der Waals surface area (Å²) in [5.41, 5.74) is 3.27. The highest BCUT2D eigenvalue weighted by molar-refractivity contribution is 6.39. The largest absolute Gasteiger partial charge is 0.481 e. The standard InChI is InChI=1S/C21H17Cl2NO3/c22-16-3-1-4-17(23)21(16)18-5-2-6-19(24-18)27-13-15-9-7-14(8-10-15)11-12-20(25)26/h1-10H,11-13H2,(H,25,26). The van der Waals surface area contributed by atoms with E-state index in [1.807, 2.05) is 36.4 Å². The number of carboxylic acids is 1. The van der Waals surface area contributed by atoms with Gasteiger partial charge in [0.15, 0.2) is 0 Å². The fourth-order valence-corrected chi connectivity index (χ4v) is 3.18. The zero-order chi connectivity index (χ0) is 19.2. The lowest BCUT2D eigenvalue weighted by molar-refractivity contribution is -0.136. The fraction of sp³-hybridized carbons (Fsp3) is 0.143. The van der Waals surface area contributed by atoms with E-state index in [0.29, 0.717) is 40.2 Å². The highest BCUT2D eigenvalue weighted by atomic mass is 35.5. The minimum absolute atomic E-state index is 0.122. The maximum absolute atomic E-state index is 10.6. The van der Waals surface area contributed by atoms with Gasteiger partial charge in [-0.15, -0.1) is 0 Å². The van der Waals surface area contributed by atoms with Crippen molar-refractivity contribution in [3.05, 3.63) is 81.8 Å². The second kappa shape index (κ2) is 8.89. The molecule has 138 valence electrons. The van der Waals surface area contributed by atoms with Crippen molar-refractivity contribution in [3.63, 3.8) is 0 Å². The molecule has 0 bridgehead atoms. The molecule has 1 N–H and O–H groups in total. The summed E-state index contributed by atoms with van der Waals surface area (Å²) in [5, 5.41) is 9.80. The van der Waals surface area contributed by atoms with E-state index in [1.165, 1.54) is 0 Å². The number of rotatable bonds is 7. The molecule has 3 rings (SSSR count). The molecule has 2 aromatic carbocycles. The Balaban J connectivity index is 1.68. The Morgan fingerprint density at radius 2 is 1.56 bits per heavy atom. The third-order valence-corrected chi connectivity index (χ3v) is 4.61. The average Bonchev–Trinajstić information content (AvgIpc) is 2.66. The van der Waals surface area contributed by atoms with Gasteiger partial charge in [0.05, 0.1) is 15.7 Å². The molecule has 0 amide bonds. The molecule has 0 aliphatic heterocycles. The van der Waals surface area contributed by atoms with Crippen molar-refractivity contribution in [2.24, 2.45) is 0 Å². The number of aryl methyl sites for hydroxylation is 1. The summed E-state index contributed by atoms with van der Waals surface area (Å²) in [5.74, 6) is -0.328. The predicted octanol–water partition coefficient (Wildman–Crippen LogP) is 5.65. The Hall–Kier alpha value is -2.56. The van der Waals surface area contributed by atoms with Gasteiger partial charge in [0.25, 0.3) is 0 Å². The van der Waals surface area contributed by atoms with E-state index in [2.05, 4.69) is 4.98 Å². The number of pyridine rings is 1. The van der Waals surface area contributed by atoms with Crippen LogP contribution in [0.1, 0.15) is 17.5 Å². The Morgan fingerprint density at radius 1 is 0.926 bits per heavy atom. The molecule has 0 aliphatic carbocycles. The van der Waals surface area contributed by atoms with Crippen molar-refractivity contribution in [1.82, 2.24) is 4.98 Å². The first-order chi connectivity index (χ1) is 13.0. The van der Waals surface area contributed by atoms with Gasteiger partial charge in [0, 0.05) is 18.1 Å². The van der Waals surface area contributed by atoms with Crippen LogP contribution in [0.3, 0.4) is 0 Å². The molecule has 0 radical (unpaired) electrons. The maximum Gasteiger partial charge on any atom is 0.303 e. The lowest BCUT2D eigenvalue weighted by Gasteiger charge is -2.10. The molecule has 0 spiro atoms. The number of hydrogen-bond donors (Lipinski definition) is 1. The van der Waals surface area contributed by atoms with E-state index >= 15 is 0 Å². The molecule has 0 fully saturated rings. The zero-order valence-corrected chi connectivity index (χ0v) is 15.9. The third kappa shape index (κ3) is 5.22. The van der Waals surface area contributed by atoms with Gasteiger partial charge < -0.3 is 9.84 Å². The molecule has 0 saturated carbocycles. The molecule has 0 aliphatic rings. The first-order valence-corrected chi connectivity index (χ1v) is 9.12. The highest BCUT2D eigenvalue weighted by Gasteiger charge is 2.10. The number of carbonyl (C=O) groups is 1. The van der Waals surface area contributed by atoms with Gasteiger partial charge in [-0.1, -0.05) is 59.6 Å². The summed E-state index contributed by atoms with van der Waals surface area (Å²) in [6.45, 7) is 0.353. The van der Waals surface area contributed by atoms with Crippen LogP contribution < -0.4 is 4.74 Å². The van der Waals surface area contributed by atoms with Crippen molar-refractivity contribution in [2.75, 3.05) is 0 Å². The number of nitrogens with zero attached hydrogens (tertiary/aromatic N) is 1. The average molecular weight is 402 g/mol. The summed E-state index contributed by atoms with van der Waals surface area (Å²) in [7, 11) is 0. The van der Waals surface area contributed by atoms with Crippen LogP contribution >= 0.6 is 23.2 Å². The molecule has 27 heavy (non-hydrogen) atoms. The van der Waals surface area contributed by atoms with E-state index in [-0.39, 0.29) is 6.42 Å². The summed E-state index contributed by atoms with van der Waals surface area (Å²) < 4.78 is 5.78. The first-order valence-electron chi connectivity index (χ1n) is 8.37. The fourth-order valence-electron chi connectivity index (χ4n) is 2.59. The molecule has 6 heteroatoms. The highest BCUT2D eigenvalue weighted by Crippen LogP contribution is 2.34. The van der Waals surface area contributed by atoms with Gasteiger partial charge in [-0.25, -0.2) is 4.98 Å². The topological polar surface area (TPSA) is 59.4 Å². The monoisotopic (exact) mass is 401 g/mol. The smallest absolute Gasteiger partial charge is 0.303 e. The van der Waals surface area contributed by atoms with E-state index in [1.54, 1.807) is 24.3 Å². The van der Waals surface area contributed by atoms with E-state index in [0.717, 1.165) is 11.1 Å². The molecule has 4 nitrogen and oxygen atoms in total. The van der Waals surface area contributed by atoms with Gasteiger partial charge in [0.2, 0.25) is 5.88 Å². The van der Waals surface area contributed by atoms with Gasteiger partial charge in [-0.05, 0) is 35.7 Å². The molecular weight excluding hydrogens is 385 g/mol. The third-order valence-electron chi connectivity index (χ3n) is 3.98. The summed E-state index contributed by atoms with van der Waals surface area (Å²) in [6, 6.07) is 18.4. The SMILES string of the molecule is O=C(O)CCc1ccc(COc2cccc(-c3c(Cl)cccc3Cl)n2)cc1. The van der Waals surface area contributed by atoms with Crippen LogP contribution in [0.2, 0.25) is 10.0 Å². The van der Waals surface area contributed by atoms with E-state index < -0.39 is 5.97 Å². The second-order valence-electron chi connectivity index (χ2n) is 5.96. The lowest BCUT2D eigenvalue weighted by Crippen LogP contribution is -2.00. The summed E-state index contributed by atoms with van der Waals surface area (Å²) in [6.07, 6.45) is 0.635. The van der Waals surface area contributed by atoms with Crippen LogP contribution in [0.5, 0.6) is 5.88 Å². The summed E-state index contributed by atoms with van der Waals surface area (Å²) >= 11 is 12.5. The van der Waals surface area contributed by atoms with Gasteiger partial charge in [-0.3, -0.25) is 4.79 Å². The predicted molar refractivity (Wildman–Crippen MR) is 106 cm³/mol. The number of hydrogen-bond acceptors (Lipinski definition) is 3. The molecule has 0 unspecified atom stereocenters. The Bertz CT molecular complexity index is 922. The zero-order valence-electron chi connectivity index (χ0n) is 14.4. The van der Waals surface area contributed by atoms with Gasteiger partial charge in [-0.2, -0.15) is 0 Å². The number of ether oxygens (including phenoxy) is 1. The Kier molecular flexibility index (Phi) is 6.32. The normalized spacial score (nSPS) is 10.6. The van der Waals surface area contributed by atoms with E-state index in [4.69, 9.17) is 33.0 Å². The second-order valence-corrected chi connectivity index (χ2v) is 6.77. The number of aliphatic carboxylic acids is 1. The van der Waals surface area contributed by atoms with E-state index in [9.17, 15) is 4.79 Å². The Morgan fingerprint density at radius 3 is 2.22 bits per heavy atom. The van der Waals surface area contributed by atoms with Crippen LogP contribution in [0.4, 0.5) is 0 Å². The van der Waals surface area contributed by atoms with Crippen molar-refractivity contribution in [1.29, 1.82) is 0 Å². The number of benzene rings is 2. The number of carboxylic acid groups (broad SMARTS) is 1. The molecular formula is C21H17Cl2NO3. The molecule has 1 heterocycles. The minimum Gasteiger partial charge on any atom is -0.481 e. The maximum atomic E-state index is 10.6. The van der Waals surface area contributed by atoms with Crippen LogP contribution in [-0.4, -0.2) is 16.1 Å². The number of halogens is 2. The molecule has 0 atom stereocenters. The van der Waals surface area contributed by atoms with Crippen molar-refractivity contribution in [3.8, 4) is 17.1 Å². The van der Waals surface area contributed by atoms with Crippen molar-refractivity contribution >= 4 is 29.2 Å². The molecule has 3 aromatic rings. The first kappa shape index (κ1) is 19.2. The summed E-state index contributed by atoms with van der Waals surface area (Å²) in [4.78, 5) is 15.1. The molecule has 1 aromatic heterocycles. The Labute approximate surface area is 167 Å². The van der Waals surface area contributed by atoms with Crippen LogP contribution in [0.25, 0.3) is 11.3 Å². The quantitative estimate of drug-likeness (QED) is 0.555. The van der Waals surface area contributed by atoms with Gasteiger partial charge >= 0.3 is 5.97 Å². The van der Waals surface area contributed by atoms with Crippen molar-refractivity contribution in [2.45, 2.75) is 19.4 Å². The lowest BCUT2D eigenvalue weighted by atomic mass is 10.1. The van der Waals surface area contributed by atoms with Gasteiger partial charge in [0.1, 0.15) is 6.61 Å². The minimum atomic E-state index is -0.799. The molecule has 0 saturated heterocycles. The van der Waals surface area contributed by atoms with Crippen LogP contribution in [0.15, 0.2) is 60.7 Å². The van der Waals surface area contributed by atoms with Crippen molar-refractivity contribution < 1.29 is 14.6 Å². The van der Waals surface area contributed by atoms with Crippen LogP contribution in [-0.2, 0) is 17.8 Å². The van der Waals surface area contributed by atoms with Crippen LogP contribution in [0, 0.1) is 0 Å².